The smallest absolute Gasteiger partial charge is 0.359 e. The number of imidazole rings is 1. The van der Waals surface area contributed by atoms with Gasteiger partial charge in [-0.25, -0.2) is 14.6 Å². The Morgan fingerprint density at radius 2 is 1.76 bits per heavy atom. The molecular formula is C18H21IN2O4. The molecule has 1 aromatic heterocycles. The van der Waals surface area contributed by atoms with Gasteiger partial charge in [-0.3, -0.25) is 0 Å². The first-order valence-corrected chi connectivity index (χ1v) is 9.10. The Bertz CT molecular complexity index is 753. The lowest BCUT2D eigenvalue weighted by Gasteiger charge is -2.11. The van der Waals surface area contributed by atoms with Gasteiger partial charge >= 0.3 is 11.9 Å². The molecule has 0 N–H and O–H groups in total. The number of methoxy groups -OCH3 is 2. The molecule has 0 radical (unpaired) electrons. The maximum absolute atomic E-state index is 12.3. The van der Waals surface area contributed by atoms with E-state index in [-0.39, 0.29) is 11.4 Å². The largest absolute Gasteiger partial charge is 0.464 e. The van der Waals surface area contributed by atoms with Crippen molar-refractivity contribution < 1.29 is 19.1 Å². The Morgan fingerprint density at radius 3 is 2.32 bits per heavy atom. The van der Waals surface area contributed by atoms with E-state index in [4.69, 9.17) is 9.47 Å². The second-order valence-electron chi connectivity index (χ2n) is 5.52. The van der Waals surface area contributed by atoms with Crippen LogP contribution in [0.4, 0.5) is 0 Å². The van der Waals surface area contributed by atoms with Crippen LogP contribution in [0.25, 0.3) is 0 Å². The molecule has 134 valence electrons. The predicted molar refractivity (Wildman–Crippen MR) is 102 cm³/mol. The molecule has 0 spiro atoms. The molecule has 0 fully saturated rings. The minimum Gasteiger partial charge on any atom is -0.464 e. The number of hydrogen-bond acceptors (Lipinski definition) is 5. The summed E-state index contributed by atoms with van der Waals surface area (Å²) in [4.78, 5) is 28.8. The average Bonchev–Trinajstić information content (AvgIpc) is 2.98. The van der Waals surface area contributed by atoms with E-state index in [2.05, 4.69) is 34.5 Å². The number of nitrogens with zero attached hydrogens (tertiary/aromatic N) is 2. The Kier molecular flexibility index (Phi) is 6.98. The van der Waals surface area contributed by atoms with E-state index >= 15 is 0 Å². The summed E-state index contributed by atoms with van der Waals surface area (Å²) in [6.45, 7) is 2.51. The molecule has 0 aliphatic heterocycles. The lowest BCUT2D eigenvalue weighted by molar-refractivity contribution is 0.0544. The molecule has 0 aliphatic carbocycles. The summed E-state index contributed by atoms with van der Waals surface area (Å²) in [6, 6.07) is 7.98. The lowest BCUT2D eigenvalue weighted by Crippen LogP contribution is -2.17. The fourth-order valence-corrected chi connectivity index (χ4v) is 2.87. The quantitative estimate of drug-likeness (QED) is 0.472. The molecule has 0 unspecified atom stereocenters. The first-order valence-electron chi connectivity index (χ1n) is 8.02. The maximum Gasteiger partial charge on any atom is 0.359 e. The van der Waals surface area contributed by atoms with Crippen molar-refractivity contribution in [2.45, 2.75) is 32.7 Å². The zero-order chi connectivity index (χ0) is 18.4. The molecule has 0 amide bonds. The molecule has 0 atom stereocenters. The maximum atomic E-state index is 12.3. The van der Waals surface area contributed by atoms with E-state index in [1.807, 2.05) is 24.3 Å². The van der Waals surface area contributed by atoms with E-state index in [1.54, 1.807) is 4.57 Å². The first-order chi connectivity index (χ1) is 12.0. The van der Waals surface area contributed by atoms with Crippen molar-refractivity contribution in [1.82, 2.24) is 9.55 Å². The summed E-state index contributed by atoms with van der Waals surface area (Å²) in [5, 5.41) is 0. The van der Waals surface area contributed by atoms with E-state index in [0.717, 1.165) is 22.0 Å². The van der Waals surface area contributed by atoms with E-state index in [9.17, 15) is 9.59 Å². The third-order valence-electron chi connectivity index (χ3n) is 3.81. The van der Waals surface area contributed by atoms with Crippen molar-refractivity contribution in [3.8, 4) is 0 Å². The van der Waals surface area contributed by atoms with Crippen LogP contribution >= 0.6 is 22.6 Å². The van der Waals surface area contributed by atoms with Crippen LogP contribution < -0.4 is 0 Å². The zero-order valence-corrected chi connectivity index (χ0v) is 16.7. The van der Waals surface area contributed by atoms with E-state index in [0.29, 0.717) is 18.8 Å². The summed E-state index contributed by atoms with van der Waals surface area (Å²) in [5.41, 5.74) is 1.15. The molecular weight excluding hydrogens is 435 g/mol. The van der Waals surface area contributed by atoms with Crippen LogP contribution in [-0.4, -0.2) is 35.7 Å². The van der Waals surface area contributed by atoms with Gasteiger partial charge in [-0.1, -0.05) is 25.5 Å². The van der Waals surface area contributed by atoms with Crippen LogP contribution in [0.1, 0.15) is 52.1 Å². The fourth-order valence-electron chi connectivity index (χ4n) is 2.51. The van der Waals surface area contributed by atoms with Crippen molar-refractivity contribution in [3.63, 3.8) is 0 Å². The highest BCUT2D eigenvalue weighted by molar-refractivity contribution is 14.1. The molecule has 2 aromatic rings. The summed E-state index contributed by atoms with van der Waals surface area (Å²) in [5.74, 6) is -0.554. The number of unbranched alkanes of at least 4 members (excludes halogenated alkanes) is 1. The van der Waals surface area contributed by atoms with E-state index < -0.39 is 11.9 Å². The molecule has 2 rings (SSSR count). The number of esters is 2. The minimum atomic E-state index is -0.639. The van der Waals surface area contributed by atoms with Gasteiger partial charge in [0.25, 0.3) is 0 Å². The fraction of sp³-hybridized carbons (Fsp3) is 0.389. The Balaban J connectivity index is 2.54. The summed E-state index contributed by atoms with van der Waals surface area (Å²) in [7, 11) is 2.56. The number of benzene rings is 1. The van der Waals surface area contributed by atoms with Gasteiger partial charge in [0.05, 0.1) is 14.2 Å². The number of rotatable bonds is 7. The predicted octanol–water partition coefficient (Wildman–Crippen LogP) is 3.45. The van der Waals surface area contributed by atoms with Crippen molar-refractivity contribution >= 4 is 34.5 Å². The van der Waals surface area contributed by atoms with Crippen LogP contribution in [0.2, 0.25) is 0 Å². The first kappa shape index (κ1) is 19.4. The highest BCUT2D eigenvalue weighted by atomic mass is 127. The van der Waals surface area contributed by atoms with Crippen molar-refractivity contribution in [3.05, 3.63) is 50.6 Å². The summed E-state index contributed by atoms with van der Waals surface area (Å²) >= 11 is 2.24. The van der Waals surface area contributed by atoms with Crippen LogP contribution in [0.3, 0.4) is 0 Å². The Morgan fingerprint density at radius 1 is 1.12 bits per heavy atom. The van der Waals surface area contributed by atoms with E-state index in [1.165, 1.54) is 14.2 Å². The van der Waals surface area contributed by atoms with Gasteiger partial charge in [0, 0.05) is 16.5 Å². The number of aryl methyl sites for hydroxylation is 1. The number of carbonyl (C=O) groups excluding carboxylic acids is 2. The van der Waals surface area contributed by atoms with Crippen LogP contribution in [-0.2, 0) is 22.4 Å². The van der Waals surface area contributed by atoms with Crippen molar-refractivity contribution in [2.75, 3.05) is 14.2 Å². The normalized spacial score (nSPS) is 10.6. The molecule has 0 bridgehead atoms. The van der Waals surface area contributed by atoms with Gasteiger partial charge in [0.2, 0.25) is 0 Å². The standard InChI is InChI=1S/C18H21IN2O4/c1-4-5-6-14-20-15(17(22)24-2)16(18(23)25-3)21(14)11-12-7-9-13(19)10-8-12/h7-10H,4-6,11H2,1-3H3. The van der Waals surface area contributed by atoms with Crippen LogP contribution in [0, 0.1) is 3.57 Å². The second-order valence-corrected chi connectivity index (χ2v) is 6.77. The third kappa shape index (κ3) is 4.59. The Labute approximate surface area is 160 Å². The minimum absolute atomic E-state index is 0.00552. The topological polar surface area (TPSA) is 70.4 Å². The van der Waals surface area contributed by atoms with Gasteiger partial charge in [-0.05, 0) is 46.7 Å². The number of ether oxygens (including phenoxy) is 2. The molecule has 7 heteroatoms. The van der Waals surface area contributed by atoms with Gasteiger partial charge in [0.1, 0.15) is 5.82 Å². The highest BCUT2D eigenvalue weighted by Crippen LogP contribution is 2.19. The van der Waals surface area contributed by atoms with Crippen molar-refractivity contribution in [1.29, 1.82) is 0 Å². The van der Waals surface area contributed by atoms with Gasteiger partial charge in [-0.2, -0.15) is 0 Å². The summed E-state index contributed by atoms with van der Waals surface area (Å²) in [6.07, 6.45) is 2.56. The highest BCUT2D eigenvalue weighted by Gasteiger charge is 2.28. The van der Waals surface area contributed by atoms with Crippen LogP contribution in [0.15, 0.2) is 24.3 Å². The number of aromatic nitrogens is 2. The number of hydrogen-bond donors (Lipinski definition) is 0. The second kappa shape index (κ2) is 8.98. The van der Waals surface area contributed by atoms with Gasteiger partial charge in [0.15, 0.2) is 11.4 Å². The van der Waals surface area contributed by atoms with Crippen LogP contribution in [0.5, 0.6) is 0 Å². The molecule has 0 aliphatic rings. The Hall–Kier alpha value is -1.90. The summed E-state index contributed by atoms with van der Waals surface area (Å²) < 4.78 is 12.6. The van der Waals surface area contributed by atoms with Gasteiger partial charge < -0.3 is 14.0 Å². The zero-order valence-electron chi connectivity index (χ0n) is 14.5. The molecule has 1 heterocycles. The number of halogens is 1. The van der Waals surface area contributed by atoms with Gasteiger partial charge in [-0.15, -0.1) is 0 Å². The molecule has 1 aromatic carbocycles. The molecule has 0 saturated carbocycles. The number of carbonyl (C=O) groups is 2. The van der Waals surface area contributed by atoms with Crippen molar-refractivity contribution in [2.24, 2.45) is 0 Å². The molecule has 0 saturated heterocycles. The lowest BCUT2D eigenvalue weighted by atomic mass is 10.2. The molecule has 6 nitrogen and oxygen atoms in total. The third-order valence-corrected chi connectivity index (χ3v) is 4.53. The molecule has 25 heavy (non-hydrogen) atoms. The average molecular weight is 456 g/mol. The SMILES string of the molecule is CCCCc1nc(C(=O)OC)c(C(=O)OC)n1Cc1ccc(I)cc1. The monoisotopic (exact) mass is 456 g/mol.